The van der Waals surface area contributed by atoms with Crippen LogP contribution >= 0.6 is 0 Å². The molecule has 104 valence electrons. The fourth-order valence-electron chi connectivity index (χ4n) is 1.67. The maximum absolute atomic E-state index is 13.9. The highest BCUT2D eigenvalue weighted by atomic mass is 19.1. The van der Waals surface area contributed by atoms with Gasteiger partial charge in [0.05, 0.1) is 18.5 Å². The number of nitrogens with zero attached hydrogens (tertiary/aromatic N) is 1. The van der Waals surface area contributed by atoms with E-state index in [2.05, 4.69) is 9.72 Å². The molecule has 0 aliphatic heterocycles. The van der Waals surface area contributed by atoms with Crippen molar-refractivity contribution in [2.75, 3.05) is 12.8 Å². The van der Waals surface area contributed by atoms with Crippen molar-refractivity contribution in [1.82, 2.24) is 4.98 Å². The molecule has 0 fully saturated rings. The molecule has 0 aliphatic carbocycles. The van der Waals surface area contributed by atoms with Crippen LogP contribution in [-0.4, -0.2) is 23.2 Å². The molecule has 0 atom stereocenters. The van der Waals surface area contributed by atoms with Crippen LogP contribution in [0.2, 0.25) is 0 Å². The molecule has 0 radical (unpaired) electrons. The normalized spacial score (nSPS) is 10.3. The third-order valence-corrected chi connectivity index (χ3v) is 2.65. The largest absolute Gasteiger partial charge is 0.494 e. The summed E-state index contributed by atoms with van der Waals surface area (Å²) in [5.41, 5.74) is 4.77. The molecule has 2 rings (SSSR count). The van der Waals surface area contributed by atoms with E-state index in [0.29, 0.717) is 0 Å². The molecule has 5 nitrogen and oxygen atoms in total. The minimum atomic E-state index is -1.35. The lowest BCUT2D eigenvalue weighted by atomic mass is 10.1. The predicted octanol–water partition coefficient (Wildman–Crippen LogP) is 2.32. The molecule has 1 aromatic carbocycles. The number of rotatable bonds is 3. The number of anilines is 1. The Bertz CT molecular complexity index is 690. The van der Waals surface area contributed by atoms with Gasteiger partial charge in [0.1, 0.15) is 5.82 Å². The maximum atomic E-state index is 13.9. The molecular weight excluding hydrogens is 270 g/mol. The van der Waals surface area contributed by atoms with Gasteiger partial charge in [-0.15, -0.1) is 0 Å². The fraction of sp³-hybridized carbons (Fsp3) is 0.0769. The van der Waals surface area contributed by atoms with Crippen LogP contribution in [0.25, 0.3) is 11.3 Å². The number of hydrogen-bond donors (Lipinski definition) is 2. The second kappa shape index (κ2) is 5.12. The first-order valence-corrected chi connectivity index (χ1v) is 5.47. The van der Waals surface area contributed by atoms with E-state index in [4.69, 9.17) is 10.8 Å². The summed E-state index contributed by atoms with van der Waals surface area (Å²) in [6.45, 7) is 0. The van der Waals surface area contributed by atoms with Gasteiger partial charge in [-0.25, -0.2) is 18.6 Å². The highest BCUT2D eigenvalue weighted by Gasteiger charge is 2.16. The molecule has 20 heavy (non-hydrogen) atoms. The summed E-state index contributed by atoms with van der Waals surface area (Å²) in [6, 6.07) is 4.33. The Morgan fingerprint density at radius 2 is 2.00 bits per heavy atom. The SMILES string of the molecule is COc1cc(F)c(-c2ccc(N)c(C(=O)O)n2)cc1F. The lowest BCUT2D eigenvalue weighted by Gasteiger charge is -2.08. The molecular formula is C13H10F2N2O3. The van der Waals surface area contributed by atoms with Crippen LogP contribution in [0.5, 0.6) is 5.75 Å². The minimum Gasteiger partial charge on any atom is -0.494 e. The number of aromatic carboxylic acids is 1. The summed E-state index contributed by atoms with van der Waals surface area (Å²) in [4.78, 5) is 14.7. The third-order valence-electron chi connectivity index (χ3n) is 2.65. The van der Waals surface area contributed by atoms with Crippen molar-refractivity contribution in [3.8, 4) is 17.0 Å². The number of methoxy groups -OCH3 is 1. The first kappa shape index (κ1) is 13.7. The summed E-state index contributed by atoms with van der Waals surface area (Å²) in [6.07, 6.45) is 0. The van der Waals surface area contributed by atoms with E-state index >= 15 is 0 Å². The molecule has 0 saturated carbocycles. The molecule has 0 bridgehead atoms. The van der Waals surface area contributed by atoms with Crippen LogP contribution in [0, 0.1) is 11.6 Å². The zero-order valence-corrected chi connectivity index (χ0v) is 10.4. The van der Waals surface area contributed by atoms with Gasteiger partial charge < -0.3 is 15.6 Å². The molecule has 0 aliphatic rings. The van der Waals surface area contributed by atoms with Crippen LogP contribution in [-0.2, 0) is 0 Å². The number of carboxylic acid groups (broad SMARTS) is 1. The van der Waals surface area contributed by atoms with Crippen molar-refractivity contribution >= 4 is 11.7 Å². The van der Waals surface area contributed by atoms with E-state index in [0.717, 1.165) is 12.1 Å². The van der Waals surface area contributed by atoms with Crippen molar-refractivity contribution < 1.29 is 23.4 Å². The second-order valence-electron chi connectivity index (χ2n) is 3.91. The van der Waals surface area contributed by atoms with Gasteiger partial charge in [-0.1, -0.05) is 0 Å². The molecule has 1 aromatic heterocycles. The Kier molecular flexibility index (Phi) is 3.51. The zero-order chi connectivity index (χ0) is 14.9. The van der Waals surface area contributed by atoms with Crippen LogP contribution in [0.1, 0.15) is 10.5 Å². The van der Waals surface area contributed by atoms with Gasteiger partial charge in [0.2, 0.25) is 0 Å². The quantitative estimate of drug-likeness (QED) is 0.901. The van der Waals surface area contributed by atoms with Gasteiger partial charge in [-0.3, -0.25) is 0 Å². The molecule has 0 amide bonds. The molecule has 0 saturated heterocycles. The molecule has 7 heteroatoms. The molecule has 2 aromatic rings. The number of aromatic nitrogens is 1. The molecule has 1 heterocycles. The highest BCUT2D eigenvalue weighted by molar-refractivity contribution is 5.92. The van der Waals surface area contributed by atoms with E-state index in [1.54, 1.807) is 0 Å². The molecule has 0 spiro atoms. The lowest BCUT2D eigenvalue weighted by molar-refractivity contribution is 0.0692. The monoisotopic (exact) mass is 280 g/mol. The van der Waals surface area contributed by atoms with Crippen molar-refractivity contribution in [2.45, 2.75) is 0 Å². The van der Waals surface area contributed by atoms with Gasteiger partial charge in [0.25, 0.3) is 0 Å². The third kappa shape index (κ3) is 2.37. The average Bonchev–Trinajstić information content (AvgIpc) is 2.41. The van der Waals surface area contributed by atoms with E-state index in [9.17, 15) is 13.6 Å². The lowest BCUT2D eigenvalue weighted by Crippen LogP contribution is -2.06. The van der Waals surface area contributed by atoms with Gasteiger partial charge >= 0.3 is 5.97 Å². The van der Waals surface area contributed by atoms with Gasteiger partial charge in [-0.05, 0) is 18.2 Å². The van der Waals surface area contributed by atoms with Crippen LogP contribution < -0.4 is 10.5 Å². The first-order valence-electron chi connectivity index (χ1n) is 5.47. The zero-order valence-electron chi connectivity index (χ0n) is 10.4. The number of benzene rings is 1. The Morgan fingerprint density at radius 3 is 2.60 bits per heavy atom. The highest BCUT2D eigenvalue weighted by Crippen LogP contribution is 2.28. The Balaban J connectivity index is 2.60. The number of hydrogen-bond acceptors (Lipinski definition) is 4. The maximum Gasteiger partial charge on any atom is 0.356 e. The average molecular weight is 280 g/mol. The number of pyridine rings is 1. The predicted molar refractivity (Wildman–Crippen MR) is 67.5 cm³/mol. The minimum absolute atomic E-state index is 0.0318. The van der Waals surface area contributed by atoms with Gasteiger partial charge in [0, 0.05) is 11.6 Å². The fourth-order valence-corrected chi connectivity index (χ4v) is 1.67. The summed E-state index contributed by atoms with van der Waals surface area (Å²) < 4.78 is 32.1. The summed E-state index contributed by atoms with van der Waals surface area (Å²) in [5.74, 6) is -3.16. The summed E-state index contributed by atoms with van der Waals surface area (Å²) in [7, 11) is 1.21. The van der Waals surface area contributed by atoms with Crippen molar-refractivity contribution in [3.63, 3.8) is 0 Å². The van der Waals surface area contributed by atoms with Crippen LogP contribution in [0.15, 0.2) is 24.3 Å². The van der Waals surface area contributed by atoms with Gasteiger partial charge in [0.15, 0.2) is 17.3 Å². The van der Waals surface area contributed by atoms with E-state index in [1.165, 1.54) is 19.2 Å². The van der Waals surface area contributed by atoms with Crippen LogP contribution in [0.4, 0.5) is 14.5 Å². The molecule has 3 N–H and O–H groups in total. The number of ether oxygens (including phenoxy) is 1. The second-order valence-corrected chi connectivity index (χ2v) is 3.91. The summed E-state index contributed by atoms with van der Waals surface area (Å²) in [5, 5.41) is 8.91. The van der Waals surface area contributed by atoms with E-state index in [-0.39, 0.29) is 22.7 Å². The number of nitrogens with two attached hydrogens (primary N) is 1. The van der Waals surface area contributed by atoms with Gasteiger partial charge in [-0.2, -0.15) is 0 Å². The first-order chi connectivity index (χ1) is 9.43. The Labute approximate surface area is 112 Å². The van der Waals surface area contributed by atoms with Crippen molar-refractivity contribution in [1.29, 1.82) is 0 Å². The topological polar surface area (TPSA) is 85.4 Å². The standard InChI is InChI=1S/C13H10F2N2O3/c1-20-11-5-7(14)6(4-8(11)15)10-3-2-9(16)12(17-10)13(18)19/h2-5H,16H2,1H3,(H,18,19). The number of carboxylic acids is 1. The number of halogens is 2. The summed E-state index contributed by atoms with van der Waals surface area (Å²) >= 11 is 0. The smallest absolute Gasteiger partial charge is 0.356 e. The van der Waals surface area contributed by atoms with E-state index in [1.807, 2.05) is 0 Å². The van der Waals surface area contributed by atoms with Crippen LogP contribution in [0.3, 0.4) is 0 Å². The number of carbonyl (C=O) groups is 1. The molecule has 0 unspecified atom stereocenters. The van der Waals surface area contributed by atoms with Crippen molar-refractivity contribution in [2.24, 2.45) is 0 Å². The van der Waals surface area contributed by atoms with E-state index < -0.39 is 23.3 Å². The number of nitrogen functional groups attached to an aromatic ring is 1. The Morgan fingerprint density at radius 1 is 1.30 bits per heavy atom. The Hall–Kier alpha value is -2.70. The van der Waals surface area contributed by atoms with Crippen molar-refractivity contribution in [3.05, 3.63) is 41.6 Å².